The van der Waals surface area contributed by atoms with Crippen LogP contribution in [0.3, 0.4) is 0 Å². The van der Waals surface area contributed by atoms with Crippen LogP contribution in [0.15, 0.2) is 16.7 Å². The van der Waals surface area contributed by atoms with Crippen LogP contribution in [0.25, 0.3) is 0 Å². The zero-order valence-corrected chi connectivity index (χ0v) is 10.9. The summed E-state index contributed by atoms with van der Waals surface area (Å²) in [6.07, 6.45) is 3.40. The number of nitrogens with zero attached hydrogens (tertiary/aromatic N) is 1. The number of ether oxygens (including phenoxy) is 1. The Morgan fingerprint density at radius 1 is 1.67 bits per heavy atom. The third-order valence-electron chi connectivity index (χ3n) is 3.62. The quantitative estimate of drug-likeness (QED) is 0.876. The number of piperidine rings is 1. The van der Waals surface area contributed by atoms with Crippen molar-refractivity contribution >= 4 is 5.91 Å². The second-order valence-corrected chi connectivity index (χ2v) is 4.66. The van der Waals surface area contributed by atoms with Crippen molar-refractivity contribution in [3.63, 3.8) is 0 Å². The molecule has 5 nitrogen and oxygen atoms in total. The minimum Gasteiger partial charge on any atom is -0.469 e. The van der Waals surface area contributed by atoms with E-state index < -0.39 is 0 Å². The van der Waals surface area contributed by atoms with E-state index in [1.54, 1.807) is 26.4 Å². The molecule has 1 aliphatic rings. The van der Waals surface area contributed by atoms with Crippen LogP contribution in [0, 0.1) is 6.92 Å². The number of carbonyl (C=O) groups is 1. The number of amides is 1. The third kappa shape index (κ3) is 2.42. The minimum absolute atomic E-state index is 0.00579. The number of aryl methyl sites for hydroxylation is 1. The molecule has 1 aliphatic heterocycles. The number of methoxy groups -OCH3 is 1. The monoisotopic (exact) mass is 252 g/mol. The fourth-order valence-electron chi connectivity index (χ4n) is 2.48. The first-order valence-electron chi connectivity index (χ1n) is 6.25. The number of furan rings is 1. The molecule has 18 heavy (non-hydrogen) atoms. The summed E-state index contributed by atoms with van der Waals surface area (Å²) in [7, 11) is 1.70. The molecule has 2 N–H and O–H groups in total. The summed E-state index contributed by atoms with van der Waals surface area (Å²) in [6.45, 7) is 2.94. The first-order valence-corrected chi connectivity index (χ1v) is 6.25. The van der Waals surface area contributed by atoms with Crippen LogP contribution in [-0.4, -0.2) is 43.2 Å². The van der Waals surface area contributed by atoms with Gasteiger partial charge in [0.2, 0.25) is 0 Å². The van der Waals surface area contributed by atoms with Crippen LogP contribution in [0.4, 0.5) is 0 Å². The highest BCUT2D eigenvalue weighted by atomic mass is 16.5. The third-order valence-corrected chi connectivity index (χ3v) is 3.62. The molecule has 100 valence electrons. The van der Waals surface area contributed by atoms with Crippen LogP contribution in [0.5, 0.6) is 0 Å². The normalized spacial score (nSPS) is 24.3. The summed E-state index contributed by atoms with van der Waals surface area (Å²) in [5, 5.41) is 0. The molecule has 0 spiro atoms. The zero-order chi connectivity index (χ0) is 13.1. The van der Waals surface area contributed by atoms with Crippen molar-refractivity contribution in [3.05, 3.63) is 23.7 Å². The van der Waals surface area contributed by atoms with Crippen LogP contribution in [-0.2, 0) is 4.74 Å². The predicted molar refractivity (Wildman–Crippen MR) is 67.4 cm³/mol. The van der Waals surface area contributed by atoms with Gasteiger partial charge in [-0.15, -0.1) is 0 Å². The van der Waals surface area contributed by atoms with Gasteiger partial charge in [-0.2, -0.15) is 0 Å². The van der Waals surface area contributed by atoms with Crippen molar-refractivity contribution in [3.8, 4) is 0 Å². The van der Waals surface area contributed by atoms with Crippen molar-refractivity contribution < 1.29 is 13.9 Å². The van der Waals surface area contributed by atoms with Gasteiger partial charge in [-0.25, -0.2) is 0 Å². The molecule has 5 heteroatoms. The Balaban J connectivity index is 2.13. The lowest BCUT2D eigenvalue weighted by Crippen LogP contribution is -2.51. The van der Waals surface area contributed by atoms with Gasteiger partial charge in [-0.1, -0.05) is 0 Å². The molecule has 1 amide bonds. The molecule has 0 saturated carbocycles. The minimum atomic E-state index is 0.00579. The average Bonchev–Trinajstić information content (AvgIpc) is 2.83. The van der Waals surface area contributed by atoms with Gasteiger partial charge in [0.25, 0.3) is 5.91 Å². The Labute approximate surface area is 107 Å². The maximum atomic E-state index is 12.4. The van der Waals surface area contributed by atoms with Crippen LogP contribution < -0.4 is 5.73 Å². The van der Waals surface area contributed by atoms with Gasteiger partial charge < -0.3 is 19.8 Å². The first kappa shape index (κ1) is 13.1. The highest BCUT2D eigenvalue weighted by molar-refractivity contribution is 5.95. The molecule has 0 radical (unpaired) electrons. The number of rotatable bonds is 3. The Morgan fingerprint density at radius 2 is 2.44 bits per heavy atom. The molecule has 0 unspecified atom stereocenters. The molecule has 2 rings (SSSR count). The zero-order valence-electron chi connectivity index (χ0n) is 10.9. The lowest BCUT2D eigenvalue weighted by atomic mass is 9.98. The van der Waals surface area contributed by atoms with Gasteiger partial charge in [0.05, 0.1) is 17.9 Å². The van der Waals surface area contributed by atoms with Gasteiger partial charge in [0.1, 0.15) is 5.76 Å². The van der Waals surface area contributed by atoms with Crippen molar-refractivity contribution in [1.82, 2.24) is 4.90 Å². The molecule has 2 atom stereocenters. The number of carbonyl (C=O) groups excluding carboxylic acids is 1. The van der Waals surface area contributed by atoms with E-state index in [1.807, 2.05) is 4.90 Å². The summed E-state index contributed by atoms with van der Waals surface area (Å²) >= 11 is 0. The molecule has 2 heterocycles. The van der Waals surface area contributed by atoms with E-state index >= 15 is 0 Å². The topological polar surface area (TPSA) is 68.7 Å². The van der Waals surface area contributed by atoms with Gasteiger partial charge in [0.15, 0.2) is 0 Å². The lowest BCUT2D eigenvalue weighted by molar-refractivity contribution is 0.0138. The van der Waals surface area contributed by atoms with E-state index in [-0.39, 0.29) is 18.1 Å². The van der Waals surface area contributed by atoms with Crippen LogP contribution >= 0.6 is 0 Å². The van der Waals surface area contributed by atoms with Crippen LogP contribution in [0.1, 0.15) is 29.0 Å². The van der Waals surface area contributed by atoms with E-state index in [1.165, 1.54) is 0 Å². The molecule has 1 fully saturated rings. The molecule has 0 aromatic carbocycles. The second-order valence-electron chi connectivity index (χ2n) is 4.66. The smallest absolute Gasteiger partial charge is 0.257 e. The Hall–Kier alpha value is -1.33. The van der Waals surface area contributed by atoms with Gasteiger partial charge in [-0.3, -0.25) is 4.79 Å². The highest BCUT2D eigenvalue weighted by Crippen LogP contribution is 2.22. The fourth-order valence-corrected chi connectivity index (χ4v) is 2.48. The lowest BCUT2D eigenvalue weighted by Gasteiger charge is -2.38. The van der Waals surface area contributed by atoms with E-state index in [4.69, 9.17) is 14.9 Å². The first-order chi connectivity index (χ1) is 8.67. The SMILES string of the molecule is CO[C@@H]1CCN(C(=O)c2ccoc2C)[C@H](CN)C1. The van der Waals surface area contributed by atoms with Crippen molar-refractivity contribution in [2.45, 2.75) is 31.9 Å². The van der Waals surface area contributed by atoms with Crippen molar-refractivity contribution in [2.75, 3.05) is 20.2 Å². The Morgan fingerprint density at radius 3 is 3.00 bits per heavy atom. The van der Waals surface area contributed by atoms with E-state index in [0.29, 0.717) is 24.4 Å². The van der Waals surface area contributed by atoms with E-state index in [9.17, 15) is 4.79 Å². The van der Waals surface area contributed by atoms with E-state index in [2.05, 4.69) is 0 Å². The summed E-state index contributed by atoms with van der Waals surface area (Å²) < 4.78 is 10.5. The largest absolute Gasteiger partial charge is 0.469 e. The number of hydrogen-bond acceptors (Lipinski definition) is 4. The predicted octanol–water partition coefficient (Wildman–Crippen LogP) is 1.17. The summed E-state index contributed by atoms with van der Waals surface area (Å²) in [5.74, 6) is 0.663. The highest BCUT2D eigenvalue weighted by Gasteiger charge is 2.32. The maximum absolute atomic E-state index is 12.4. The second kappa shape index (κ2) is 5.54. The van der Waals surface area contributed by atoms with Crippen LogP contribution in [0.2, 0.25) is 0 Å². The number of hydrogen-bond donors (Lipinski definition) is 1. The van der Waals surface area contributed by atoms with Gasteiger partial charge in [-0.05, 0) is 25.8 Å². The Bertz CT molecular complexity index is 416. The molecule has 0 aliphatic carbocycles. The summed E-state index contributed by atoms with van der Waals surface area (Å²) in [4.78, 5) is 14.3. The van der Waals surface area contributed by atoms with Gasteiger partial charge >= 0.3 is 0 Å². The molecular formula is C13H20N2O3. The standard InChI is InChI=1S/C13H20N2O3/c1-9-12(4-6-18-9)13(16)15-5-3-11(17-2)7-10(15)8-14/h4,6,10-11H,3,5,7-8,14H2,1-2H3/t10-,11+/m0/s1. The fraction of sp³-hybridized carbons (Fsp3) is 0.615. The summed E-state index contributed by atoms with van der Waals surface area (Å²) in [6, 6.07) is 1.76. The molecule has 0 bridgehead atoms. The average molecular weight is 252 g/mol. The number of nitrogens with two attached hydrogens (primary N) is 1. The van der Waals surface area contributed by atoms with E-state index in [0.717, 1.165) is 12.8 Å². The summed E-state index contributed by atoms with van der Waals surface area (Å²) in [5.41, 5.74) is 6.40. The maximum Gasteiger partial charge on any atom is 0.257 e. The Kier molecular flexibility index (Phi) is 4.04. The molecule has 1 aromatic rings. The molecular weight excluding hydrogens is 232 g/mol. The van der Waals surface area contributed by atoms with Crippen molar-refractivity contribution in [1.29, 1.82) is 0 Å². The van der Waals surface area contributed by atoms with Crippen molar-refractivity contribution in [2.24, 2.45) is 5.73 Å². The molecule has 1 saturated heterocycles. The van der Waals surface area contributed by atoms with Gasteiger partial charge in [0, 0.05) is 26.2 Å². The number of likely N-dealkylation sites (tertiary alicyclic amines) is 1. The molecule has 1 aromatic heterocycles.